The van der Waals surface area contributed by atoms with Crippen molar-refractivity contribution in [3.8, 4) is 11.4 Å². The molecule has 0 aliphatic rings. The normalized spacial score (nSPS) is 11.0. The first-order valence-electron chi connectivity index (χ1n) is 7.22. The molecule has 0 bridgehead atoms. The van der Waals surface area contributed by atoms with Crippen LogP contribution in [0.5, 0.6) is 0 Å². The van der Waals surface area contributed by atoms with Crippen molar-refractivity contribution in [2.24, 2.45) is 5.10 Å². The molecule has 0 spiro atoms. The van der Waals surface area contributed by atoms with Gasteiger partial charge in [-0.2, -0.15) is 9.90 Å². The highest BCUT2D eigenvalue weighted by Crippen LogP contribution is 2.11. The number of halogens is 2. The van der Waals surface area contributed by atoms with Crippen LogP contribution in [0, 0.1) is 11.6 Å². The monoisotopic (exact) mass is 342 g/mol. The number of amides is 1. The average Bonchev–Trinajstić information content (AvgIpc) is 3.07. The topological polar surface area (TPSA) is 85.1 Å². The van der Waals surface area contributed by atoms with Crippen LogP contribution >= 0.6 is 0 Å². The van der Waals surface area contributed by atoms with E-state index >= 15 is 0 Å². The highest BCUT2D eigenvalue weighted by molar-refractivity contribution is 5.82. The molecular formula is C16H12F2N6O. The van der Waals surface area contributed by atoms with Crippen LogP contribution in [-0.4, -0.2) is 32.3 Å². The van der Waals surface area contributed by atoms with Crippen molar-refractivity contribution >= 4 is 12.1 Å². The van der Waals surface area contributed by atoms with E-state index in [-0.39, 0.29) is 12.1 Å². The van der Waals surface area contributed by atoms with Gasteiger partial charge in [0, 0.05) is 5.56 Å². The van der Waals surface area contributed by atoms with Crippen LogP contribution in [0.25, 0.3) is 11.4 Å². The van der Waals surface area contributed by atoms with Gasteiger partial charge in [-0.1, -0.05) is 36.4 Å². The van der Waals surface area contributed by atoms with E-state index < -0.39 is 17.5 Å². The number of nitrogens with one attached hydrogen (secondary N) is 1. The summed E-state index contributed by atoms with van der Waals surface area (Å²) in [6.07, 6.45) is 0.896. The fourth-order valence-corrected chi connectivity index (χ4v) is 1.98. The van der Waals surface area contributed by atoms with Gasteiger partial charge in [-0.3, -0.25) is 4.79 Å². The molecule has 3 aromatic rings. The van der Waals surface area contributed by atoms with Gasteiger partial charge in [0.25, 0.3) is 5.91 Å². The second-order valence-electron chi connectivity index (χ2n) is 4.94. The number of hydrazone groups is 1. The molecule has 126 valence electrons. The number of tetrazole rings is 1. The summed E-state index contributed by atoms with van der Waals surface area (Å²) in [5, 5.41) is 15.2. The number of hydrogen-bond acceptors (Lipinski definition) is 5. The van der Waals surface area contributed by atoms with Gasteiger partial charge < -0.3 is 0 Å². The molecule has 0 radical (unpaired) electrons. The Labute approximate surface area is 141 Å². The zero-order valence-electron chi connectivity index (χ0n) is 12.8. The third-order valence-corrected chi connectivity index (χ3v) is 3.15. The zero-order valence-corrected chi connectivity index (χ0v) is 12.8. The molecule has 9 heteroatoms. The van der Waals surface area contributed by atoms with Crippen molar-refractivity contribution in [1.29, 1.82) is 0 Å². The summed E-state index contributed by atoms with van der Waals surface area (Å²) in [6.45, 7) is -0.239. The second-order valence-corrected chi connectivity index (χ2v) is 4.94. The lowest BCUT2D eigenvalue weighted by Crippen LogP contribution is -2.24. The van der Waals surface area contributed by atoms with Crippen LogP contribution in [0.1, 0.15) is 5.56 Å². The van der Waals surface area contributed by atoms with Crippen molar-refractivity contribution in [2.45, 2.75) is 6.54 Å². The summed E-state index contributed by atoms with van der Waals surface area (Å²) >= 11 is 0. The predicted molar refractivity (Wildman–Crippen MR) is 85.3 cm³/mol. The Balaban J connectivity index is 1.60. The van der Waals surface area contributed by atoms with Gasteiger partial charge in [0.15, 0.2) is 0 Å². The molecule has 1 aromatic heterocycles. The van der Waals surface area contributed by atoms with Crippen molar-refractivity contribution in [3.05, 3.63) is 65.7 Å². The molecule has 1 N–H and O–H groups in total. The number of nitrogens with zero attached hydrogens (tertiary/aromatic N) is 5. The number of hydrogen-bond donors (Lipinski definition) is 1. The Morgan fingerprint density at radius 1 is 1.12 bits per heavy atom. The van der Waals surface area contributed by atoms with Gasteiger partial charge in [0.1, 0.15) is 18.2 Å². The Hall–Kier alpha value is -3.49. The minimum Gasteiger partial charge on any atom is -0.271 e. The first-order valence-corrected chi connectivity index (χ1v) is 7.22. The molecule has 0 atom stereocenters. The predicted octanol–water partition coefficient (Wildman–Crippen LogP) is 1.77. The molecule has 0 fully saturated rings. The number of benzene rings is 2. The van der Waals surface area contributed by atoms with Gasteiger partial charge >= 0.3 is 0 Å². The van der Waals surface area contributed by atoms with Gasteiger partial charge in [0.2, 0.25) is 5.82 Å². The average molecular weight is 342 g/mol. The van der Waals surface area contributed by atoms with Gasteiger partial charge in [0.05, 0.1) is 11.8 Å². The maximum Gasteiger partial charge on any atom is 0.263 e. The molecule has 7 nitrogen and oxygen atoms in total. The number of carbonyl (C=O) groups excluding carboxylic acids is 1. The van der Waals surface area contributed by atoms with Crippen LogP contribution in [-0.2, 0) is 11.3 Å². The third-order valence-electron chi connectivity index (χ3n) is 3.15. The molecule has 0 saturated carbocycles. The van der Waals surface area contributed by atoms with E-state index in [1.807, 2.05) is 30.3 Å². The Bertz CT molecular complexity index is 890. The molecule has 2 aromatic carbocycles. The number of aromatic nitrogens is 4. The standard InChI is InChI=1S/C16H12F2N6O/c17-13-7-4-8-14(18)12(13)9-19-20-15(25)10-24-22-16(21-23-24)11-5-2-1-3-6-11/h1-9H,10H2,(H,20,25)/b19-9+. The van der Waals surface area contributed by atoms with Crippen molar-refractivity contribution < 1.29 is 13.6 Å². The molecular weight excluding hydrogens is 330 g/mol. The maximum absolute atomic E-state index is 13.4. The van der Waals surface area contributed by atoms with Crippen LogP contribution in [0.3, 0.4) is 0 Å². The van der Waals surface area contributed by atoms with E-state index in [4.69, 9.17) is 0 Å². The molecule has 0 aliphatic carbocycles. The van der Waals surface area contributed by atoms with E-state index in [1.54, 1.807) is 0 Å². The number of rotatable bonds is 5. The Morgan fingerprint density at radius 2 is 1.84 bits per heavy atom. The van der Waals surface area contributed by atoms with Gasteiger partial charge in [-0.25, -0.2) is 14.2 Å². The van der Waals surface area contributed by atoms with E-state index in [0.29, 0.717) is 5.82 Å². The number of carbonyl (C=O) groups is 1. The van der Waals surface area contributed by atoms with Crippen molar-refractivity contribution in [3.63, 3.8) is 0 Å². The third kappa shape index (κ3) is 4.08. The SMILES string of the molecule is O=C(Cn1nnc(-c2ccccc2)n1)N/N=C/c1c(F)cccc1F. The van der Waals surface area contributed by atoms with Crippen molar-refractivity contribution in [1.82, 2.24) is 25.6 Å². The first-order chi connectivity index (χ1) is 12.1. The van der Waals surface area contributed by atoms with Crippen LogP contribution < -0.4 is 5.43 Å². The Morgan fingerprint density at radius 3 is 2.56 bits per heavy atom. The lowest BCUT2D eigenvalue weighted by Gasteiger charge is -2.00. The molecule has 3 rings (SSSR count). The quantitative estimate of drug-likeness (QED) is 0.566. The fraction of sp³-hybridized carbons (Fsp3) is 0.0625. The maximum atomic E-state index is 13.4. The molecule has 1 amide bonds. The summed E-state index contributed by atoms with van der Waals surface area (Å²) < 4.78 is 26.8. The first kappa shape index (κ1) is 16.4. The van der Waals surface area contributed by atoms with E-state index in [0.717, 1.165) is 28.7 Å². The summed E-state index contributed by atoms with van der Waals surface area (Å²) in [4.78, 5) is 12.9. The molecule has 0 aliphatic heterocycles. The van der Waals surface area contributed by atoms with Gasteiger partial charge in [-0.05, 0) is 17.3 Å². The highest BCUT2D eigenvalue weighted by Gasteiger charge is 2.09. The molecule has 0 saturated heterocycles. The summed E-state index contributed by atoms with van der Waals surface area (Å²) in [6, 6.07) is 12.6. The zero-order chi connectivity index (χ0) is 17.6. The Kier molecular flexibility index (Phi) is 4.84. The van der Waals surface area contributed by atoms with Crippen molar-refractivity contribution in [2.75, 3.05) is 0 Å². The summed E-state index contributed by atoms with van der Waals surface area (Å²) in [5.74, 6) is -1.73. The van der Waals surface area contributed by atoms with E-state index in [1.165, 1.54) is 6.07 Å². The minimum absolute atomic E-state index is 0.239. The fourth-order valence-electron chi connectivity index (χ4n) is 1.98. The largest absolute Gasteiger partial charge is 0.271 e. The summed E-state index contributed by atoms with van der Waals surface area (Å²) in [7, 11) is 0. The summed E-state index contributed by atoms with van der Waals surface area (Å²) in [5.41, 5.74) is 2.58. The molecule has 0 unspecified atom stereocenters. The minimum atomic E-state index is -0.775. The van der Waals surface area contributed by atoms with Gasteiger partial charge in [-0.15, -0.1) is 10.2 Å². The second kappa shape index (κ2) is 7.39. The smallest absolute Gasteiger partial charge is 0.263 e. The highest BCUT2D eigenvalue weighted by atomic mass is 19.1. The van der Waals surface area contributed by atoms with Crippen LogP contribution in [0.15, 0.2) is 53.6 Å². The van der Waals surface area contributed by atoms with Crippen LogP contribution in [0.4, 0.5) is 8.78 Å². The lowest BCUT2D eigenvalue weighted by molar-refractivity contribution is -0.122. The van der Waals surface area contributed by atoms with E-state index in [9.17, 15) is 13.6 Å². The van der Waals surface area contributed by atoms with E-state index in [2.05, 4.69) is 25.9 Å². The van der Waals surface area contributed by atoms with Crippen LogP contribution in [0.2, 0.25) is 0 Å². The molecule has 1 heterocycles. The molecule has 25 heavy (non-hydrogen) atoms. The lowest BCUT2D eigenvalue weighted by atomic mass is 10.2.